The average Bonchev–Trinajstić information content (AvgIpc) is 2.26. The van der Waals surface area contributed by atoms with Crippen molar-refractivity contribution in [3.05, 3.63) is 34.9 Å². The molecule has 1 aliphatic carbocycles. The summed E-state index contributed by atoms with van der Waals surface area (Å²) in [7, 11) is 0. The summed E-state index contributed by atoms with van der Waals surface area (Å²) in [5.74, 6) is 2.58. The second-order valence-electron chi connectivity index (χ2n) is 5.04. The van der Waals surface area contributed by atoms with Crippen molar-refractivity contribution >= 4 is 5.91 Å². The van der Waals surface area contributed by atoms with E-state index in [-0.39, 0.29) is 11.4 Å². The lowest BCUT2D eigenvalue weighted by Crippen LogP contribution is -2.51. The second kappa shape index (κ2) is 4.25. The minimum Gasteiger partial charge on any atom is -0.347 e. The second-order valence-corrected chi connectivity index (χ2v) is 5.04. The van der Waals surface area contributed by atoms with Crippen LogP contribution in [0.25, 0.3) is 0 Å². The van der Waals surface area contributed by atoms with E-state index < -0.39 is 0 Å². The predicted octanol–water partition coefficient (Wildman–Crippen LogP) is 2.65. The van der Waals surface area contributed by atoms with Gasteiger partial charge in [-0.05, 0) is 56.9 Å². The van der Waals surface area contributed by atoms with Crippen LogP contribution in [0.3, 0.4) is 0 Å². The molecule has 0 saturated heterocycles. The van der Waals surface area contributed by atoms with Gasteiger partial charge in [-0.1, -0.05) is 5.92 Å². The molecular weight excluding hydrogens is 210 g/mol. The van der Waals surface area contributed by atoms with Crippen LogP contribution in [0.5, 0.6) is 0 Å². The first-order chi connectivity index (χ1) is 8.04. The zero-order valence-corrected chi connectivity index (χ0v) is 10.3. The van der Waals surface area contributed by atoms with Crippen molar-refractivity contribution in [2.75, 3.05) is 0 Å². The van der Waals surface area contributed by atoms with E-state index >= 15 is 0 Å². The zero-order valence-electron chi connectivity index (χ0n) is 10.3. The molecule has 0 spiro atoms. The summed E-state index contributed by atoms with van der Waals surface area (Å²) in [6.45, 7) is 4.01. The number of aryl methyl sites for hydroxylation is 1. The topological polar surface area (TPSA) is 29.1 Å². The van der Waals surface area contributed by atoms with Gasteiger partial charge in [0.15, 0.2) is 0 Å². The van der Waals surface area contributed by atoms with E-state index in [1.54, 1.807) is 0 Å². The van der Waals surface area contributed by atoms with Crippen LogP contribution in [0.2, 0.25) is 0 Å². The standard InChI is InChI=1S/C15H17NO/c1-4-12-6-7-13(11(2)10-12)14(17)16-15(3)8-5-9-15/h1,6-7,10H,5,8-9H2,2-3H3,(H,16,17). The highest BCUT2D eigenvalue weighted by Gasteiger charge is 2.33. The van der Waals surface area contributed by atoms with Gasteiger partial charge in [0, 0.05) is 16.7 Å². The lowest BCUT2D eigenvalue weighted by Gasteiger charge is -2.39. The SMILES string of the molecule is C#Cc1ccc(C(=O)NC2(C)CCC2)c(C)c1. The maximum Gasteiger partial charge on any atom is 0.251 e. The Labute approximate surface area is 102 Å². The Morgan fingerprint density at radius 1 is 1.47 bits per heavy atom. The van der Waals surface area contributed by atoms with Crippen LogP contribution in [0.4, 0.5) is 0 Å². The quantitative estimate of drug-likeness (QED) is 0.773. The first kappa shape index (κ1) is 11.7. The van der Waals surface area contributed by atoms with Gasteiger partial charge in [-0.15, -0.1) is 6.42 Å². The van der Waals surface area contributed by atoms with Crippen molar-refractivity contribution in [1.82, 2.24) is 5.32 Å². The molecule has 1 amide bonds. The van der Waals surface area contributed by atoms with Crippen LogP contribution >= 0.6 is 0 Å². The monoisotopic (exact) mass is 227 g/mol. The molecule has 1 N–H and O–H groups in total. The smallest absolute Gasteiger partial charge is 0.251 e. The molecule has 0 radical (unpaired) electrons. The fourth-order valence-corrected chi connectivity index (χ4v) is 2.18. The van der Waals surface area contributed by atoms with Gasteiger partial charge >= 0.3 is 0 Å². The van der Waals surface area contributed by atoms with Gasteiger partial charge in [-0.25, -0.2) is 0 Å². The Morgan fingerprint density at radius 2 is 2.18 bits per heavy atom. The number of carbonyl (C=O) groups excluding carboxylic acids is 1. The molecule has 0 bridgehead atoms. The molecule has 2 heteroatoms. The predicted molar refractivity (Wildman–Crippen MR) is 68.8 cm³/mol. The molecule has 0 unspecified atom stereocenters. The van der Waals surface area contributed by atoms with Crippen molar-refractivity contribution in [3.63, 3.8) is 0 Å². The number of hydrogen-bond acceptors (Lipinski definition) is 1. The highest BCUT2D eigenvalue weighted by molar-refractivity contribution is 5.96. The van der Waals surface area contributed by atoms with E-state index in [4.69, 9.17) is 6.42 Å². The summed E-state index contributed by atoms with van der Waals surface area (Å²) in [6, 6.07) is 5.49. The van der Waals surface area contributed by atoms with Gasteiger partial charge in [-0.2, -0.15) is 0 Å². The normalized spacial score (nSPS) is 16.8. The summed E-state index contributed by atoms with van der Waals surface area (Å²) in [5, 5.41) is 3.10. The molecule has 0 aliphatic heterocycles. The fourth-order valence-electron chi connectivity index (χ4n) is 2.18. The lowest BCUT2D eigenvalue weighted by atomic mass is 9.78. The number of carbonyl (C=O) groups is 1. The third kappa shape index (κ3) is 2.34. The van der Waals surface area contributed by atoms with Crippen LogP contribution in [-0.2, 0) is 0 Å². The van der Waals surface area contributed by atoms with Gasteiger partial charge in [0.2, 0.25) is 0 Å². The van der Waals surface area contributed by atoms with E-state index in [9.17, 15) is 4.79 Å². The zero-order chi connectivity index (χ0) is 12.5. The molecule has 1 aromatic rings. The van der Waals surface area contributed by atoms with Crippen molar-refractivity contribution in [2.45, 2.75) is 38.6 Å². The Hall–Kier alpha value is -1.75. The number of benzene rings is 1. The van der Waals surface area contributed by atoms with Crippen LogP contribution in [0, 0.1) is 19.3 Å². The number of hydrogen-bond donors (Lipinski definition) is 1. The summed E-state index contributed by atoms with van der Waals surface area (Å²) in [5.41, 5.74) is 2.46. The van der Waals surface area contributed by atoms with E-state index in [1.807, 2.05) is 25.1 Å². The highest BCUT2D eigenvalue weighted by atomic mass is 16.1. The molecule has 0 atom stereocenters. The number of amides is 1. The molecule has 2 rings (SSSR count). The number of nitrogens with one attached hydrogen (secondary N) is 1. The largest absolute Gasteiger partial charge is 0.347 e. The van der Waals surface area contributed by atoms with E-state index in [0.717, 1.165) is 29.5 Å². The summed E-state index contributed by atoms with van der Waals surface area (Å²) < 4.78 is 0. The van der Waals surface area contributed by atoms with Gasteiger partial charge in [0.1, 0.15) is 0 Å². The Morgan fingerprint density at radius 3 is 2.65 bits per heavy atom. The van der Waals surface area contributed by atoms with Crippen LogP contribution in [0.1, 0.15) is 47.7 Å². The van der Waals surface area contributed by atoms with Crippen molar-refractivity contribution in [3.8, 4) is 12.3 Å². The molecule has 1 fully saturated rings. The number of rotatable bonds is 2. The minimum absolute atomic E-state index is 0.00564. The molecular formula is C15H17NO. The minimum atomic E-state index is -0.00564. The fraction of sp³-hybridized carbons (Fsp3) is 0.400. The summed E-state index contributed by atoms with van der Waals surface area (Å²) in [6.07, 6.45) is 8.67. The van der Waals surface area contributed by atoms with E-state index in [2.05, 4.69) is 18.2 Å². The number of terminal acetylenes is 1. The summed E-state index contributed by atoms with van der Waals surface area (Å²) in [4.78, 5) is 12.1. The van der Waals surface area contributed by atoms with Crippen LogP contribution < -0.4 is 5.32 Å². The van der Waals surface area contributed by atoms with Crippen LogP contribution in [0.15, 0.2) is 18.2 Å². The molecule has 88 valence electrons. The summed E-state index contributed by atoms with van der Waals surface area (Å²) >= 11 is 0. The first-order valence-corrected chi connectivity index (χ1v) is 5.94. The highest BCUT2D eigenvalue weighted by Crippen LogP contribution is 2.31. The maximum atomic E-state index is 12.1. The van der Waals surface area contributed by atoms with E-state index in [1.165, 1.54) is 6.42 Å². The Kier molecular flexibility index (Phi) is 2.93. The lowest BCUT2D eigenvalue weighted by molar-refractivity contribution is 0.0850. The Balaban J connectivity index is 2.17. The maximum absolute atomic E-state index is 12.1. The first-order valence-electron chi connectivity index (χ1n) is 5.94. The van der Waals surface area contributed by atoms with Crippen molar-refractivity contribution in [1.29, 1.82) is 0 Å². The molecule has 1 saturated carbocycles. The molecule has 2 nitrogen and oxygen atoms in total. The third-order valence-corrected chi connectivity index (χ3v) is 3.51. The van der Waals surface area contributed by atoms with Gasteiger partial charge < -0.3 is 5.32 Å². The molecule has 0 aromatic heterocycles. The average molecular weight is 227 g/mol. The van der Waals surface area contributed by atoms with Gasteiger partial charge in [0.05, 0.1) is 0 Å². The van der Waals surface area contributed by atoms with Crippen molar-refractivity contribution < 1.29 is 4.79 Å². The molecule has 17 heavy (non-hydrogen) atoms. The third-order valence-electron chi connectivity index (χ3n) is 3.51. The molecule has 0 heterocycles. The molecule has 1 aromatic carbocycles. The van der Waals surface area contributed by atoms with Gasteiger partial charge in [0.25, 0.3) is 5.91 Å². The molecule has 1 aliphatic rings. The van der Waals surface area contributed by atoms with E-state index in [0.29, 0.717) is 0 Å². The Bertz CT molecular complexity index is 492. The van der Waals surface area contributed by atoms with Crippen LogP contribution in [-0.4, -0.2) is 11.4 Å². The van der Waals surface area contributed by atoms with Gasteiger partial charge in [-0.3, -0.25) is 4.79 Å². The van der Waals surface area contributed by atoms with Crippen molar-refractivity contribution in [2.24, 2.45) is 0 Å².